The van der Waals surface area contributed by atoms with Gasteiger partial charge < -0.3 is 10.2 Å². The van der Waals surface area contributed by atoms with Crippen molar-refractivity contribution < 1.29 is 19.8 Å². The topological polar surface area (TPSA) is 74.6 Å². The van der Waals surface area contributed by atoms with Crippen molar-refractivity contribution in [2.45, 2.75) is 122 Å². The van der Waals surface area contributed by atoms with Crippen molar-refractivity contribution in [2.75, 3.05) is 0 Å². The summed E-state index contributed by atoms with van der Waals surface area (Å²) >= 11 is 0. The molecule has 0 fully saturated rings. The Morgan fingerprint density at radius 1 is 0.692 bits per heavy atom. The van der Waals surface area contributed by atoms with Gasteiger partial charge in [-0.2, -0.15) is 0 Å². The summed E-state index contributed by atoms with van der Waals surface area (Å²) in [5, 5.41) is 18.3. The van der Waals surface area contributed by atoms with Gasteiger partial charge in [-0.15, -0.1) is 0 Å². The monoisotopic (exact) mass is 395 g/mol. The largest absolute Gasteiger partial charge is 0.479 e. The van der Waals surface area contributed by atoms with Crippen LogP contribution in [0, 0.1) is 0 Å². The van der Waals surface area contributed by atoms with Crippen molar-refractivity contribution >= 4 is 63.1 Å². The van der Waals surface area contributed by atoms with Crippen LogP contribution in [0.25, 0.3) is 0 Å². The van der Waals surface area contributed by atoms with Crippen molar-refractivity contribution in [1.82, 2.24) is 0 Å². The fourth-order valence-electron chi connectivity index (χ4n) is 3.02. The van der Waals surface area contributed by atoms with Crippen molar-refractivity contribution in [3.8, 4) is 0 Å². The van der Waals surface area contributed by atoms with E-state index in [0.717, 1.165) is 19.8 Å². The average molecular weight is 396 g/mol. The summed E-state index contributed by atoms with van der Waals surface area (Å²) in [7, 11) is 0. The summed E-state index contributed by atoms with van der Waals surface area (Å²) in [6.07, 6.45) is 18.9. The van der Waals surface area contributed by atoms with Crippen LogP contribution in [0.2, 0.25) is 0 Å². The Hall–Kier alpha value is 0.736. The van der Waals surface area contributed by atoms with Gasteiger partial charge in [0.2, 0.25) is 5.60 Å². The van der Waals surface area contributed by atoms with E-state index in [9.17, 15) is 14.7 Å². The fourth-order valence-corrected chi connectivity index (χ4v) is 3.02. The zero-order valence-electron chi connectivity index (χ0n) is 17.5. The first kappa shape index (κ1) is 28.9. The van der Waals surface area contributed by atoms with E-state index in [2.05, 4.69) is 6.92 Å². The maximum atomic E-state index is 11.6. The van der Waals surface area contributed by atoms with E-state index in [0.29, 0.717) is 6.42 Å². The third-order valence-electron chi connectivity index (χ3n) is 4.97. The number of carbonyl (C=O) groups excluding carboxylic acids is 1. The molecule has 0 aliphatic rings. The third-order valence-corrected chi connectivity index (χ3v) is 4.97. The zero-order valence-corrected chi connectivity index (χ0v) is 20.6. The molecule has 1 unspecified atom stereocenters. The van der Waals surface area contributed by atoms with E-state index in [1.54, 1.807) is 0 Å². The number of ketones is 1. The number of Topliss-reactive ketones (excluding diaryl/α,β-unsaturated/α-hetero) is 1. The van der Waals surface area contributed by atoms with Crippen LogP contribution in [-0.2, 0) is 9.59 Å². The molecular formula is C21H40KO4. The molecule has 1 atom stereocenters. The first-order valence-corrected chi connectivity index (χ1v) is 10.4. The standard InChI is InChI=1S/C21H40O4.K/c1-3-4-5-6-7-8-9-10-11-12-13-14-15-16-17-18-19(22)21(2,25)20(23)24;/h25H,3-18H2,1-2H3,(H,23,24);. The molecule has 149 valence electrons. The Bertz CT molecular complexity index is 356. The van der Waals surface area contributed by atoms with Crippen molar-refractivity contribution in [3.05, 3.63) is 0 Å². The van der Waals surface area contributed by atoms with Crippen LogP contribution >= 0.6 is 0 Å². The molecule has 1 radical (unpaired) electrons. The molecule has 4 nitrogen and oxygen atoms in total. The molecule has 5 heteroatoms. The van der Waals surface area contributed by atoms with Gasteiger partial charge in [0.25, 0.3) is 0 Å². The molecule has 0 aromatic carbocycles. The van der Waals surface area contributed by atoms with Gasteiger partial charge in [-0.3, -0.25) is 4.79 Å². The molecule has 0 spiro atoms. The van der Waals surface area contributed by atoms with Crippen LogP contribution < -0.4 is 0 Å². The second-order valence-corrected chi connectivity index (χ2v) is 7.50. The molecule has 0 saturated carbocycles. The predicted molar refractivity (Wildman–Crippen MR) is 109 cm³/mol. The van der Waals surface area contributed by atoms with Crippen molar-refractivity contribution in [2.24, 2.45) is 0 Å². The summed E-state index contributed by atoms with van der Waals surface area (Å²) in [5.41, 5.74) is -2.23. The number of carboxylic acids is 1. The second-order valence-electron chi connectivity index (χ2n) is 7.50. The predicted octanol–water partition coefficient (Wildman–Crippen LogP) is 5.27. The Kier molecular flexibility index (Phi) is 21.2. The fraction of sp³-hybridized carbons (Fsp3) is 0.905. The Morgan fingerprint density at radius 2 is 1.00 bits per heavy atom. The summed E-state index contributed by atoms with van der Waals surface area (Å²) in [6.45, 7) is 3.31. The first-order valence-electron chi connectivity index (χ1n) is 10.4. The maximum Gasteiger partial charge on any atom is 0.343 e. The van der Waals surface area contributed by atoms with Gasteiger partial charge in [0.1, 0.15) is 0 Å². The van der Waals surface area contributed by atoms with Gasteiger partial charge in [-0.25, -0.2) is 4.79 Å². The molecule has 2 N–H and O–H groups in total. The molecule has 0 aliphatic heterocycles. The van der Waals surface area contributed by atoms with E-state index in [1.165, 1.54) is 77.0 Å². The van der Waals surface area contributed by atoms with E-state index in [-0.39, 0.29) is 57.8 Å². The molecule has 0 heterocycles. The third kappa shape index (κ3) is 15.8. The average Bonchev–Trinajstić information content (AvgIpc) is 2.57. The molecule has 0 saturated heterocycles. The molecule has 0 aromatic rings. The minimum atomic E-state index is -2.23. The number of hydrogen-bond donors (Lipinski definition) is 2. The van der Waals surface area contributed by atoms with Crippen molar-refractivity contribution in [3.63, 3.8) is 0 Å². The molecule has 0 bridgehead atoms. The Morgan fingerprint density at radius 3 is 1.31 bits per heavy atom. The molecule has 0 aliphatic carbocycles. The number of aliphatic hydroxyl groups is 1. The smallest absolute Gasteiger partial charge is 0.343 e. The zero-order chi connectivity index (χ0) is 19.0. The minimum Gasteiger partial charge on any atom is -0.479 e. The second kappa shape index (κ2) is 19.1. The van der Waals surface area contributed by atoms with Crippen LogP contribution in [0.3, 0.4) is 0 Å². The molecular weight excluding hydrogens is 355 g/mol. The van der Waals surface area contributed by atoms with Crippen molar-refractivity contribution in [1.29, 1.82) is 0 Å². The molecule has 0 aromatic heterocycles. The number of carbonyl (C=O) groups is 2. The molecule has 0 amide bonds. The maximum absolute atomic E-state index is 11.6. The van der Waals surface area contributed by atoms with Crippen LogP contribution in [0.5, 0.6) is 0 Å². The first-order chi connectivity index (χ1) is 11.9. The summed E-state index contributed by atoms with van der Waals surface area (Å²) in [5.74, 6) is -2.05. The summed E-state index contributed by atoms with van der Waals surface area (Å²) in [4.78, 5) is 22.4. The number of unbranched alkanes of at least 4 members (excludes halogenated alkanes) is 14. The summed E-state index contributed by atoms with van der Waals surface area (Å²) < 4.78 is 0. The van der Waals surface area contributed by atoms with Gasteiger partial charge in [0.15, 0.2) is 5.78 Å². The number of rotatable bonds is 18. The number of carboxylic acid groups (broad SMARTS) is 1. The quantitative estimate of drug-likeness (QED) is 0.188. The van der Waals surface area contributed by atoms with Gasteiger partial charge in [0, 0.05) is 57.8 Å². The Labute approximate surface area is 203 Å². The number of hydrogen-bond acceptors (Lipinski definition) is 3. The van der Waals surface area contributed by atoms with E-state index < -0.39 is 17.4 Å². The summed E-state index contributed by atoms with van der Waals surface area (Å²) in [6, 6.07) is 0. The van der Waals surface area contributed by atoms with Gasteiger partial charge >= 0.3 is 5.97 Å². The molecule has 0 rings (SSSR count). The van der Waals surface area contributed by atoms with Gasteiger partial charge in [0.05, 0.1) is 0 Å². The Balaban J connectivity index is 0. The van der Waals surface area contributed by atoms with Crippen LogP contribution in [0.15, 0.2) is 0 Å². The van der Waals surface area contributed by atoms with Crippen LogP contribution in [-0.4, -0.2) is 79.0 Å². The van der Waals surface area contributed by atoms with Gasteiger partial charge in [-0.1, -0.05) is 96.8 Å². The van der Waals surface area contributed by atoms with E-state index >= 15 is 0 Å². The van der Waals surface area contributed by atoms with E-state index in [1.807, 2.05) is 0 Å². The van der Waals surface area contributed by atoms with Gasteiger partial charge in [-0.05, 0) is 13.3 Å². The molecule has 26 heavy (non-hydrogen) atoms. The number of aliphatic carboxylic acids is 1. The SMILES string of the molecule is CCCCCCCCCCCCCCCCCC(=O)C(C)(O)C(=O)O.[K]. The van der Waals surface area contributed by atoms with Crippen LogP contribution in [0.1, 0.15) is 117 Å². The van der Waals surface area contributed by atoms with Crippen LogP contribution in [0.4, 0.5) is 0 Å². The van der Waals surface area contributed by atoms with E-state index in [4.69, 9.17) is 5.11 Å². The normalized spacial score (nSPS) is 13.0. The minimum absolute atomic E-state index is 0.